The SMILES string of the molecule is c1nc(NC[C@@H]([C@H]2CCOC2)N2CCOCC2)c2c3c(sc2n1)CCCCC3. The second-order valence-electron chi connectivity index (χ2n) is 8.19. The van der Waals surface area contributed by atoms with E-state index < -0.39 is 0 Å². The molecule has 0 spiro atoms. The molecule has 2 aromatic heterocycles. The lowest BCUT2D eigenvalue weighted by molar-refractivity contribution is 0.00460. The Morgan fingerprint density at radius 2 is 2.00 bits per heavy atom. The lowest BCUT2D eigenvalue weighted by Crippen LogP contribution is -2.50. The van der Waals surface area contributed by atoms with E-state index in [2.05, 4.69) is 20.2 Å². The molecular weight excluding hydrogens is 372 g/mol. The summed E-state index contributed by atoms with van der Waals surface area (Å²) in [5, 5.41) is 5.02. The topological polar surface area (TPSA) is 59.5 Å². The third-order valence-electron chi connectivity index (χ3n) is 6.50. The molecule has 0 radical (unpaired) electrons. The van der Waals surface area contributed by atoms with E-state index in [9.17, 15) is 0 Å². The monoisotopic (exact) mass is 402 g/mol. The van der Waals surface area contributed by atoms with Crippen LogP contribution in [0.2, 0.25) is 0 Å². The maximum absolute atomic E-state index is 5.72. The van der Waals surface area contributed by atoms with Gasteiger partial charge in [0.1, 0.15) is 17.0 Å². The van der Waals surface area contributed by atoms with Gasteiger partial charge < -0.3 is 14.8 Å². The van der Waals surface area contributed by atoms with Crippen LogP contribution in [0.5, 0.6) is 0 Å². The Hall–Kier alpha value is -1.28. The van der Waals surface area contributed by atoms with Crippen molar-refractivity contribution in [3.63, 3.8) is 0 Å². The number of fused-ring (bicyclic) bond motifs is 3. The fourth-order valence-electron chi connectivity index (χ4n) is 4.96. The summed E-state index contributed by atoms with van der Waals surface area (Å²) in [4.78, 5) is 14.5. The van der Waals surface area contributed by atoms with Crippen molar-refractivity contribution in [3.8, 4) is 0 Å². The van der Waals surface area contributed by atoms with Gasteiger partial charge in [-0.05, 0) is 37.7 Å². The first-order valence-electron chi connectivity index (χ1n) is 10.8. The van der Waals surface area contributed by atoms with Crippen molar-refractivity contribution in [2.45, 2.75) is 44.6 Å². The molecule has 2 atom stereocenters. The van der Waals surface area contributed by atoms with Crippen LogP contribution < -0.4 is 5.32 Å². The normalized spacial score (nSPS) is 24.8. The summed E-state index contributed by atoms with van der Waals surface area (Å²) in [6, 6.07) is 0.466. The molecule has 6 nitrogen and oxygen atoms in total. The molecule has 0 aromatic carbocycles. The van der Waals surface area contributed by atoms with Gasteiger partial charge in [-0.3, -0.25) is 4.90 Å². The third-order valence-corrected chi connectivity index (χ3v) is 7.70. The first-order chi connectivity index (χ1) is 13.9. The van der Waals surface area contributed by atoms with Crippen LogP contribution in [0.4, 0.5) is 5.82 Å². The number of rotatable bonds is 5. The predicted octanol–water partition coefficient (Wildman–Crippen LogP) is 3.11. The molecule has 152 valence electrons. The molecule has 0 saturated carbocycles. The van der Waals surface area contributed by atoms with Gasteiger partial charge in [0.15, 0.2) is 0 Å². The van der Waals surface area contributed by atoms with Gasteiger partial charge in [0.25, 0.3) is 0 Å². The van der Waals surface area contributed by atoms with Crippen molar-refractivity contribution >= 4 is 27.4 Å². The van der Waals surface area contributed by atoms with E-state index in [0.29, 0.717) is 12.0 Å². The highest BCUT2D eigenvalue weighted by Crippen LogP contribution is 2.37. The number of thiophene rings is 1. The standard InChI is InChI=1S/C21H30N4O2S/c1-2-4-16-18(5-3-1)28-21-19(16)20(23-14-24-21)22-12-17(15-6-9-27-13-15)25-7-10-26-11-8-25/h14-15,17H,1-13H2,(H,22,23,24)/t15-,17-/m0/s1. The average Bonchev–Trinajstić information content (AvgIpc) is 3.32. The van der Waals surface area contributed by atoms with E-state index in [4.69, 9.17) is 9.47 Å². The summed E-state index contributed by atoms with van der Waals surface area (Å²) in [6.07, 6.45) is 9.16. The van der Waals surface area contributed by atoms with Crippen molar-refractivity contribution in [1.82, 2.24) is 14.9 Å². The van der Waals surface area contributed by atoms with Gasteiger partial charge in [-0.1, -0.05) is 6.42 Å². The van der Waals surface area contributed by atoms with Gasteiger partial charge >= 0.3 is 0 Å². The van der Waals surface area contributed by atoms with Crippen molar-refractivity contribution in [2.24, 2.45) is 5.92 Å². The molecule has 3 aliphatic rings. The summed E-state index contributed by atoms with van der Waals surface area (Å²) in [5.41, 5.74) is 1.51. The van der Waals surface area contributed by atoms with Crippen LogP contribution in [-0.2, 0) is 22.3 Å². The van der Waals surface area contributed by atoms with Crippen LogP contribution in [0.1, 0.15) is 36.1 Å². The number of hydrogen-bond acceptors (Lipinski definition) is 7. The second-order valence-corrected chi connectivity index (χ2v) is 9.27. The molecular formula is C21H30N4O2S. The highest BCUT2D eigenvalue weighted by molar-refractivity contribution is 7.18. The van der Waals surface area contributed by atoms with Gasteiger partial charge in [0.2, 0.25) is 0 Å². The van der Waals surface area contributed by atoms with Crippen LogP contribution in [0.25, 0.3) is 10.2 Å². The Morgan fingerprint density at radius 1 is 1.11 bits per heavy atom. The van der Waals surface area contributed by atoms with E-state index in [1.54, 1.807) is 6.33 Å². The van der Waals surface area contributed by atoms with Gasteiger partial charge in [-0.15, -0.1) is 11.3 Å². The Labute approximate surface area is 170 Å². The molecule has 2 saturated heterocycles. The number of nitrogens with zero attached hydrogens (tertiary/aromatic N) is 3. The van der Waals surface area contributed by atoms with Gasteiger partial charge in [0.05, 0.1) is 25.2 Å². The number of nitrogens with one attached hydrogen (secondary N) is 1. The molecule has 2 fully saturated rings. The number of aryl methyl sites for hydroxylation is 2. The largest absolute Gasteiger partial charge is 0.381 e. The highest BCUT2D eigenvalue weighted by Gasteiger charge is 2.31. The molecule has 5 rings (SSSR count). The van der Waals surface area contributed by atoms with Crippen LogP contribution in [0.3, 0.4) is 0 Å². The number of hydrogen-bond donors (Lipinski definition) is 1. The lowest BCUT2D eigenvalue weighted by atomic mass is 9.96. The van der Waals surface area contributed by atoms with Crippen LogP contribution >= 0.6 is 11.3 Å². The second kappa shape index (κ2) is 8.61. The lowest BCUT2D eigenvalue weighted by Gasteiger charge is -2.37. The number of aromatic nitrogens is 2. The quantitative estimate of drug-likeness (QED) is 0.776. The number of ether oxygens (including phenoxy) is 2. The zero-order valence-corrected chi connectivity index (χ0v) is 17.3. The number of anilines is 1. The molecule has 0 amide bonds. The van der Waals surface area contributed by atoms with E-state index in [0.717, 1.165) is 63.1 Å². The molecule has 2 aliphatic heterocycles. The molecule has 7 heteroatoms. The van der Waals surface area contributed by atoms with E-state index >= 15 is 0 Å². The summed E-state index contributed by atoms with van der Waals surface area (Å²) in [5.74, 6) is 1.61. The Balaban J connectivity index is 1.39. The third kappa shape index (κ3) is 3.77. The molecule has 4 heterocycles. The molecule has 1 aliphatic carbocycles. The number of morpholine rings is 1. The highest BCUT2D eigenvalue weighted by atomic mass is 32.1. The first-order valence-corrected chi connectivity index (χ1v) is 11.6. The summed E-state index contributed by atoms with van der Waals surface area (Å²) in [6.45, 7) is 6.36. The Kier molecular flexibility index (Phi) is 5.76. The molecule has 0 bridgehead atoms. The molecule has 28 heavy (non-hydrogen) atoms. The molecule has 2 aromatic rings. The Morgan fingerprint density at radius 3 is 2.86 bits per heavy atom. The maximum atomic E-state index is 5.72. The van der Waals surface area contributed by atoms with Crippen LogP contribution in [0.15, 0.2) is 6.33 Å². The van der Waals surface area contributed by atoms with Gasteiger partial charge in [-0.2, -0.15) is 0 Å². The minimum atomic E-state index is 0.466. The van der Waals surface area contributed by atoms with Crippen LogP contribution in [-0.4, -0.2) is 67.0 Å². The maximum Gasteiger partial charge on any atom is 0.138 e. The zero-order valence-electron chi connectivity index (χ0n) is 16.5. The summed E-state index contributed by atoms with van der Waals surface area (Å²) >= 11 is 1.88. The smallest absolute Gasteiger partial charge is 0.138 e. The van der Waals surface area contributed by atoms with Crippen molar-refractivity contribution in [3.05, 3.63) is 16.8 Å². The fourth-order valence-corrected chi connectivity index (χ4v) is 6.19. The van der Waals surface area contributed by atoms with Crippen molar-refractivity contribution < 1.29 is 9.47 Å². The molecule has 1 N–H and O–H groups in total. The minimum absolute atomic E-state index is 0.466. The van der Waals surface area contributed by atoms with E-state index in [-0.39, 0.29) is 0 Å². The Bertz CT molecular complexity index is 799. The molecule has 0 unspecified atom stereocenters. The average molecular weight is 403 g/mol. The van der Waals surface area contributed by atoms with Gasteiger partial charge in [-0.25, -0.2) is 9.97 Å². The van der Waals surface area contributed by atoms with E-state index in [1.807, 2.05) is 11.3 Å². The van der Waals surface area contributed by atoms with Crippen molar-refractivity contribution in [2.75, 3.05) is 51.4 Å². The van der Waals surface area contributed by atoms with E-state index in [1.165, 1.54) is 47.9 Å². The summed E-state index contributed by atoms with van der Waals surface area (Å²) < 4.78 is 11.3. The fraction of sp³-hybridized carbons (Fsp3) is 0.714. The first kappa shape index (κ1) is 18.7. The van der Waals surface area contributed by atoms with Crippen molar-refractivity contribution in [1.29, 1.82) is 0 Å². The predicted molar refractivity (Wildman–Crippen MR) is 112 cm³/mol. The summed E-state index contributed by atoms with van der Waals surface area (Å²) in [7, 11) is 0. The minimum Gasteiger partial charge on any atom is -0.381 e. The van der Waals surface area contributed by atoms with Crippen LogP contribution in [0, 0.1) is 5.92 Å². The van der Waals surface area contributed by atoms with Gasteiger partial charge in [0, 0.05) is 43.1 Å². The zero-order chi connectivity index (χ0) is 18.8.